The number of hydrogen-bond donors (Lipinski definition) is 1. The lowest BCUT2D eigenvalue weighted by atomic mass is 9.95. The first kappa shape index (κ1) is 22.9. The van der Waals surface area contributed by atoms with Crippen molar-refractivity contribution >= 4 is 17.4 Å². The molecule has 2 aliphatic heterocycles. The highest BCUT2D eigenvalue weighted by atomic mass is 16.6. The number of benzene rings is 2. The van der Waals surface area contributed by atoms with Crippen LogP contribution >= 0.6 is 0 Å². The number of carbonyl (C=O) groups is 2. The molecule has 1 N–H and O–H groups in total. The van der Waals surface area contributed by atoms with Crippen LogP contribution in [-0.2, 0) is 9.59 Å². The largest absolute Gasteiger partial charge is 0.507 e. The molecule has 1 amide bonds. The normalized spacial score (nSPS) is 19.4. The number of fused-ring (bicyclic) bond motifs is 1. The first-order chi connectivity index (χ1) is 16.0. The summed E-state index contributed by atoms with van der Waals surface area (Å²) in [5.74, 6) is -0.351. The molecule has 2 aliphatic rings. The molecular weight excluding hydrogens is 420 g/mol. The molecule has 174 valence electrons. The number of ether oxygens (including phenoxy) is 2. The molecule has 0 spiro atoms. The van der Waals surface area contributed by atoms with Crippen molar-refractivity contribution in [1.29, 1.82) is 0 Å². The van der Waals surface area contributed by atoms with Crippen molar-refractivity contribution < 1.29 is 24.2 Å². The van der Waals surface area contributed by atoms with E-state index in [2.05, 4.69) is 18.7 Å². The van der Waals surface area contributed by atoms with Crippen LogP contribution in [0.2, 0.25) is 0 Å². The highest BCUT2D eigenvalue weighted by Crippen LogP contribution is 2.41. The zero-order valence-corrected chi connectivity index (χ0v) is 19.1. The third-order valence-corrected chi connectivity index (χ3v) is 6.24. The first-order valence-electron chi connectivity index (χ1n) is 11.5. The molecule has 4 rings (SSSR count). The number of carbonyl (C=O) groups excluding carboxylic acids is 2. The van der Waals surface area contributed by atoms with E-state index < -0.39 is 17.7 Å². The van der Waals surface area contributed by atoms with E-state index in [0.29, 0.717) is 36.8 Å². The van der Waals surface area contributed by atoms with E-state index in [1.54, 1.807) is 23.1 Å². The lowest BCUT2D eigenvalue weighted by molar-refractivity contribution is -0.140. The third-order valence-electron chi connectivity index (χ3n) is 6.24. The Morgan fingerprint density at radius 3 is 2.42 bits per heavy atom. The van der Waals surface area contributed by atoms with Gasteiger partial charge in [0.15, 0.2) is 11.5 Å². The van der Waals surface area contributed by atoms with E-state index in [1.807, 2.05) is 30.3 Å². The van der Waals surface area contributed by atoms with E-state index in [9.17, 15) is 14.7 Å². The number of aliphatic hydroxyl groups is 1. The molecule has 0 bridgehead atoms. The van der Waals surface area contributed by atoms with Crippen LogP contribution in [0.3, 0.4) is 0 Å². The summed E-state index contributed by atoms with van der Waals surface area (Å²) in [6.07, 6.45) is 0.738. The topological polar surface area (TPSA) is 79.3 Å². The van der Waals surface area contributed by atoms with Crippen LogP contribution < -0.4 is 9.47 Å². The second kappa shape index (κ2) is 10.1. The van der Waals surface area contributed by atoms with E-state index in [0.717, 1.165) is 31.6 Å². The predicted octanol–water partition coefficient (Wildman–Crippen LogP) is 3.61. The average molecular weight is 451 g/mol. The number of amides is 1. The molecule has 0 radical (unpaired) electrons. The Hall–Kier alpha value is -3.32. The zero-order chi connectivity index (χ0) is 23.4. The smallest absolute Gasteiger partial charge is 0.295 e. The van der Waals surface area contributed by atoms with Crippen LogP contribution in [0.1, 0.15) is 37.4 Å². The molecular formula is C26H30N2O5. The Bertz CT molecular complexity index is 1050. The van der Waals surface area contributed by atoms with Crippen molar-refractivity contribution in [1.82, 2.24) is 9.80 Å². The van der Waals surface area contributed by atoms with Gasteiger partial charge in [-0.2, -0.15) is 0 Å². The van der Waals surface area contributed by atoms with Crippen molar-refractivity contribution in [3.8, 4) is 11.5 Å². The predicted molar refractivity (Wildman–Crippen MR) is 125 cm³/mol. The lowest BCUT2D eigenvalue weighted by Gasteiger charge is -2.27. The molecule has 2 aromatic rings. The average Bonchev–Trinajstić information content (AvgIpc) is 3.11. The molecule has 33 heavy (non-hydrogen) atoms. The van der Waals surface area contributed by atoms with Gasteiger partial charge in [0.1, 0.15) is 19.0 Å². The maximum atomic E-state index is 13.1. The molecule has 7 heteroatoms. The fourth-order valence-corrected chi connectivity index (χ4v) is 4.44. The Kier molecular flexibility index (Phi) is 6.99. The van der Waals surface area contributed by atoms with Crippen LogP contribution in [-0.4, -0.2) is 66.0 Å². The summed E-state index contributed by atoms with van der Waals surface area (Å²) in [5.41, 5.74) is 1.31. The second-order valence-electron chi connectivity index (χ2n) is 8.14. The number of nitrogens with zero attached hydrogens (tertiary/aromatic N) is 2. The van der Waals surface area contributed by atoms with E-state index in [-0.39, 0.29) is 11.3 Å². The SMILES string of the molecule is CCN(CC)CCCN1C(=O)C(=O)C(=C(O)c2ccc3c(c2)OCCO3)[C@H]1c1ccccc1. The molecule has 0 saturated carbocycles. The van der Waals surface area contributed by atoms with Gasteiger partial charge in [0.25, 0.3) is 11.7 Å². The van der Waals surface area contributed by atoms with Gasteiger partial charge < -0.3 is 24.4 Å². The minimum Gasteiger partial charge on any atom is -0.507 e. The van der Waals surface area contributed by atoms with Crippen molar-refractivity contribution in [2.75, 3.05) is 39.4 Å². The molecule has 1 atom stereocenters. The number of aliphatic hydroxyl groups excluding tert-OH is 1. The van der Waals surface area contributed by atoms with Gasteiger partial charge in [0, 0.05) is 12.1 Å². The number of rotatable bonds is 8. The van der Waals surface area contributed by atoms with Crippen molar-refractivity contribution in [2.24, 2.45) is 0 Å². The minimum atomic E-state index is -0.668. The maximum absolute atomic E-state index is 13.1. The summed E-state index contributed by atoms with van der Waals surface area (Å²) in [5, 5.41) is 11.2. The quantitative estimate of drug-likeness (QED) is 0.376. The van der Waals surface area contributed by atoms with Crippen LogP contribution in [0.15, 0.2) is 54.1 Å². The van der Waals surface area contributed by atoms with Crippen molar-refractivity contribution in [2.45, 2.75) is 26.3 Å². The highest BCUT2D eigenvalue weighted by Gasteiger charge is 2.45. The summed E-state index contributed by atoms with van der Waals surface area (Å²) in [6.45, 7) is 8.21. The fraction of sp³-hybridized carbons (Fsp3) is 0.385. The molecule has 0 aliphatic carbocycles. The summed E-state index contributed by atoms with van der Waals surface area (Å²) in [4.78, 5) is 30.1. The third kappa shape index (κ3) is 4.59. The van der Waals surface area contributed by atoms with Gasteiger partial charge >= 0.3 is 0 Å². The van der Waals surface area contributed by atoms with E-state index >= 15 is 0 Å². The molecule has 1 fully saturated rings. The second-order valence-corrected chi connectivity index (χ2v) is 8.14. The number of likely N-dealkylation sites (tertiary alicyclic amines) is 1. The fourth-order valence-electron chi connectivity index (χ4n) is 4.44. The summed E-state index contributed by atoms with van der Waals surface area (Å²) < 4.78 is 11.2. The number of Topliss-reactive ketones (excluding diaryl/α,β-unsaturated/α-hetero) is 1. The monoisotopic (exact) mass is 450 g/mol. The van der Waals surface area contributed by atoms with Crippen LogP contribution in [0.5, 0.6) is 11.5 Å². The molecule has 2 aromatic carbocycles. The lowest BCUT2D eigenvalue weighted by Crippen LogP contribution is -2.33. The van der Waals surface area contributed by atoms with Gasteiger partial charge in [0.2, 0.25) is 0 Å². The summed E-state index contributed by atoms with van der Waals surface area (Å²) >= 11 is 0. The van der Waals surface area contributed by atoms with Gasteiger partial charge in [0.05, 0.1) is 11.6 Å². The molecule has 2 heterocycles. The van der Waals surface area contributed by atoms with Gasteiger partial charge in [-0.3, -0.25) is 9.59 Å². The number of hydrogen-bond acceptors (Lipinski definition) is 6. The van der Waals surface area contributed by atoms with Gasteiger partial charge in [-0.05, 0) is 49.8 Å². The van der Waals surface area contributed by atoms with Crippen LogP contribution in [0.4, 0.5) is 0 Å². The maximum Gasteiger partial charge on any atom is 0.295 e. The Labute approximate surface area is 194 Å². The van der Waals surface area contributed by atoms with Crippen LogP contribution in [0.25, 0.3) is 5.76 Å². The van der Waals surface area contributed by atoms with Crippen LogP contribution in [0, 0.1) is 0 Å². The molecule has 7 nitrogen and oxygen atoms in total. The first-order valence-corrected chi connectivity index (χ1v) is 11.5. The number of ketones is 1. The van der Waals surface area contributed by atoms with Crippen molar-refractivity contribution in [3.05, 3.63) is 65.2 Å². The van der Waals surface area contributed by atoms with Gasteiger partial charge in [-0.15, -0.1) is 0 Å². The Balaban J connectivity index is 1.71. The van der Waals surface area contributed by atoms with Crippen molar-refractivity contribution in [3.63, 3.8) is 0 Å². The summed E-state index contributed by atoms with van der Waals surface area (Å²) in [6, 6.07) is 13.8. The molecule has 0 unspecified atom stereocenters. The zero-order valence-electron chi connectivity index (χ0n) is 19.1. The Morgan fingerprint density at radius 1 is 1.03 bits per heavy atom. The highest BCUT2D eigenvalue weighted by molar-refractivity contribution is 6.46. The molecule has 1 saturated heterocycles. The van der Waals surface area contributed by atoms with E-state index in [4.69, 9.17) is 9.47 Å². The van der Waals surface area contributed by atoms with E-state index in [1.165, 1.54) is 0 Å². The standard InChI is InChI=1S/C26H30N2O5/c1-3-27(4-2)13-8-14-28-23(18-9-6-5-7-10-18)22(25(30)26(28)31)24(29)19-11-12-20-21(17-19)33-16-15-32-20/h5-7,9-12,17,23,29H,3-4,8,13-16H2,1-2H3/t23-/m1/s1. The minimum absolute atomic E-state index is 0.103. The molecule has 0 aromatic heterocycles. The Morgan fingerprint density at radius 2 is 1.73 bits per heavy atom. The van der Waals surface area contributed by atoms with Gasteiger partial charge in [-0.1, -0.05) is 44.2 Å². The summed E-state index contributed by atoms with van der Waals surface area (Å²) in [7, 11) is 0. The van der Waals surface area contributed by atoms with Gasteiger partial charge in [-0.25, -0.2) is 0 Å².